The summed E-state index contributed by atoms with van der Waals surface area (Å²) < 4.78 is 83.3. The highest BCUT2D eigenvalue weighted by Gasteiger charge is 2.33. The predicted octanol–water partition coefficient (Wildman–Crippen LogP) is 4.94. The number of ether oxygens (including phenoxy) is 2. The molecule has 228 valence electrons. The van der Waals surface area contributed by atoms with Crippen LogP contribution in [0.2, 0.25) is 0 Å². The standard InChI is InChI=1S/C29H30FN3O8S2/c1-31-29(34)41-28-24-16-23(18-4-5-18)25(33(43(3,37)38)15-14-32-42(2,35)36)17-26(24)40-27(28)19-6-10-21(11-7-19)39-22-12-8-20(30)9-13-22/h6-13,16-18,32H,4-5,14-15H2,1-3H3,(H,31,34). The summed E-state index contributed by atoms with van der Waals surface area (Å²) in [4.78, 5) is 12.4. The molecule has 3 aromatic carbocycles. The van der Waals surface area contributed by atoms with Gasteiger partial charge in [-0.15, -0.1) is 0 Å². The summed E-state index contributed by atoms with van der Waals surface area (Å²) in [6.07, 6.45) is 3.01. The minimum atomic E-state index is -3.82. The van der Waals surface area contributed by atoms with Crippen molar-refractivity contribution in [3.63, 3.8) is 0 Å². The van der Waals surface area contributed by atoms with Gasteiger partial charge in [0.1, 0.15) is 22.9 Å². The number of hydrogen-bond donors (Lipinski definition) is 2. The molecule has 0 radical (unpaired) electrons. The average molecular weight is 632 g/mol. The van der Waals surface area contributed by atoms with E-state index in [0.717, 1.165) is 35.2 Å². The molecule has 1 heterocycles. The van der Waals surface area contributed by atoms with Gasteiger partial charge in [0.25, 0.3) is 0 Å². The Balaban J connectivity index is 1.57. The van der Waals surface area contributed by atoms with E-state index < -0.39 is 26.1 Å². The summed E-state index contributed by atoms with van der Waals surface area (Å²) >= 11 is 0. The van der Waals surface area contributed by atoms with E-state index in [-0.39, 0.29) is 41.9 Å². The molecular weight excluding hydrogens is 601 g/mol. The summed E-state index contributed by atoms with van der Waals surface area (Å²) in [5, 5.41) is 2.90. The Morgan fingerprint density at radius 2 is 1.63 bits per heavy atom. The number of sulfonamides is 2. The number of benzene rings is 3. The zero-order valence-electron chi connectivity index (χ0n) is 23.6. The van der Waals surface area contributed by atoms with Crippen molar-refractivity contribution in [1.82, 2.24) is 10.0 Å². The Morgan fingerprint density at radius 1 is 1.00 bits per heavy atom. The van der Waals surface area contributed by atoms with Gasteiger partial charge in [0.15, 0.2) is 11.5 Å². The first-order chi connectivity index (χ1) is 20.3. The third-order valence-corrected chi connectivity index (χ3v) is 8.63. The number of furan rings is 1. The van der Waals surface area contributed by atoms with Crippen molar-refractivity contribution in [3.05, 3.63) is 72.0 Å². The molecule has 5 rings (SSSR count). The van der Waals surface area contributed by atoms with Crippen LogP contribution in [0, 0.1) is 5.82 Å². The molecule has 0 bridgehead atoms. The maximum atomic E-state index is 13.2. The van der Waals surface area contributed by atoms with Gasteiger partial charge in [0, 0.05) is 31.8 Å². The zero-order valence-corrected chi connectivity index (χ0v) is 25.2. The van der Waals surface area contributed by atoms with E-state index in [2.05, 4.69) is 10.0 Å². The highest BCUT2D eigenvalue weighted by atomic mass is 32.2. The molecule has 0 unspecified atom stereocenters. The van der Waals surface area contributed by atoms with Crippen LogP contribution >= 0.6 is 0 Å². The van der Waals surface area contributed by atoms with Gasteiger partial charge in [-0.05, 0) is 78.9 Å². The molecule has 1 aromatic heterocycles. The first kappa shape index (κ1) is 30.3. The number of nitrogens with one attached hydrogen (secondary N) is 2. The molecule has 2 N–H and O–H groups in total. The van der Waals surface area contributed by atoms with Crippen molar-refractivity contribution in [2.75, 3.05) is 37.0 Å². The number of halogens is 1. The van der Waals surface area contributed by atoms with E-state index in [0.29, 0.717) is 28.1 Å². The van der Waals surface area contributed by atoms with Crippen molar-refractivity contribution in [2.24, 2.45) is 0 Å². The molecule has 0 atom stereocenters. The fourth-order valence-corrected chi connectivity index (χ4v) is 6.01. The second kappa shape index (κ2) is 11.9. The van der Waals surface area contributed by atoms with Crippen LogP contribution in [0.3, 0.4) is 0 Å². The Kier molecular flexibility index (Phi) is 8.36. The summed E-state index contributed by atoms with van der Waals surface area (Å²) in [6, 6.07) is 15.7. The molecule has 43 heavy (non-hydrogen) atoms. The molecular formula is C29H30FN3O8S2. The van der Waals surface area contributed by atoms with Crippen molar-refractivity contribution in [1.29, 1.82) is 0 Å². The van der Waals surface area contributed by atoms with Crippen LogP contribution in [0.1, 0.15) is 24.3 Å². The smallest absolute Gasteiger partial charge is 0.412 e. The van der Waals surface area contributed by atoms with Gasteiger partial charge >= 0.3 is 6.09 Å². The maximum Gasteiger partial charge on any atom is 0.412 e. The zero-order chi connectivity index (χ0) is 30.9. The van der Waals surface area contributed by atoms with E-state index in [1.165, 1.54) is 31.3 Å². The molecule has 1 aliphatic carbocycles. The van der Waals surface area contributed by atoms with Crippen LogP contribution in [0.25, 0.3) is 22.3 Å². The topological polar surface area (TPSA) is 144 Å². The number of hydrogen-bond acceptors (Lipinski definition) is 8. The number of rotatable bonds is 11. The van der Waals surface area contributed by atoms with Crippen molar-refractivity contribution >= 4 is 42.8 Å². The van der Waals surface area contributed by atoms with E-state index >= 15 is 0 Å². The van der Waals surface area contributed by atoms with Gasteiger partial charge in [0.2, 0.25) is 20.0 Å². The van der Waals surface area contributed by atoms with E-state index in [1.807, 2.05) is 0 Å². The lowest BCUT2D eigenvalue weighted by atomic mass is 10.0. The van der Waals surface area contributed by atoms with Crippen molar-refractivity contribution < 1.29 is 39.9 Å². The predicted molar refractivity (Wildman–Crippen MR) is 160 cm³/mol. The fourth-order valence-electron chi connectivity index (χ4n) is 4.61. The second-order valence-electron chi connectivity index (χ2n) is 10.2. The number of carbonyl (C=O) groups excluding carboxylic acids is 1. The Bertz CT molecular complexity index is 1870. The van der Waals surface area contributed by atoms with Crippen LogP contribution in [0.5, 0.6) is 17.2 Å². The van der Waals surface area contributed by atoms with E-state index in [1.54, 1.807) is 36.4 Å². The van der Waals surface area contributed by atoms with Crippen LogP contribution in [-0.4, -0.2) is 55.6 Å². The van der Waals surface area contributed by atoms with Crippen LogP contribution < -0.4 is 23.8 Å². The third-order valence-electron chi connectivity index (χ3n) is 6.72. The van der Waals surface area contributed by atoms with Gasteiger partial charge in [0.05, 0.1) is 23.6 Å². The first-order valence-electron chi connectivity index (χ1n) is 13.3. The lowest BCUT2D eigenvalue weighted by Gasteiger charge is -2.25. The first-order valence-corrected chi connectivity index (χ1v) is 17.0. The van der Waals surface area contributed by atoms with Gasteiger partial charge in [-0.25, -0.2) is 30.7 Å². The summed E-state index contributed by atoms with van der Waals surface area (Å²) in [5.41, 5.74) is 1.90. The molecule has 4 aromatic rings. The Morgan fingerprint density at radius 3 is 2.19 bits per heavy atom. The van der Waals surface area contributed by atoms with Gasteiger partial charge < -0.3 is 19.2 Å². The SMILES string of the molecule is CNC(=O)Oc1c(-c2ccc(Oc3ccc(F)cc3)cc2)oc2cc(N(CCNS(C)(=O)=O)S(C)(=O)=O)c(C3CC3)cc12. The number of anilines is 1. The lowest BCUT2D eigenvalue weighted by molar-refractivity contribution is 0.203. The molecule has 11 nitrogen and oxygen atoms in total. The third kappa shape index (κ3) is 7.27. The average Bonchev–Trinajstić information content (AvgIpc) is 3.73. The minimum absolute atomic E-state index is 0.0700. The highest BCUT2D eigenvalue weighted by molar-refractivity contribution is 7.92. The molecule has 1 amide bonds. The quantitative estimate of drug-likeness (QED) is 0.237. The normalized spacial score (nSPS) is 13.6. The number of carbonyl (C=O) groups is 1. The largest absolute Gasteiger partial charge is 0.457 e. The van der Waals surface area contributed by atoms with Crippen molar-refractivity contribution in [2.45, 2.75) is 18.8 Å². The van der Waals surface area contributed by atoms with Crippen LogP contribution in [0.4, 0.5) is 14.9 Å². The minimum Gasteiger partial charge on any atom is -0.457 e. The molecule has 1 fully saturated rings. The molecule has 0 aliphatic heterocycles. The van der Waals surface area contributed by atoms with Gasteiger partial charge in [-0.1, -0.05) is 0 Å². The van der Waals surface area contributed by atoms with Crippen molar-refractivity contribution in [3.8, 4) is 28.6 Å². The monoisotopic (exact) mass is 631 g/mol. The Labute approximate surface area is 248 Å². The summed E-state index contributed by atoms with van der Waals surface area (Å²) in [6.45, 7) is -0.267. The second-order valence-corrected chi connectivity index (χ2v) is 13.9. The maximum absolute atomic E-state index is 13.2. The van der Waals surface area contributed by atoms with Crippen LogP contribution in [-0.2, 0) is 20.0 Å². The molecule has 14 heteroatoms. The highest BCUT2D eigenvalue weighted by Crippen LogP contribution is 2.49. The lowest BCUT2D eigenvalue weighted by Crippen LogP contribution is -2.38. The summed E-state index contributed by atoms with van der Waals surface area (Å²) in [5.74, 6) is 0.999. The van der Waals surface area contributed by atoms with E-state index in [4.69, 9.17) is 13.9 Å². The number of nitrogens with zero attached hydrogens (tertiary/aromatic N) is 1. The number of fused-ring (bicyclic) bond motifs is 1. The molecule has 0 saturated heterocycles. The summed E-state index contributed by atoms with van der Waals surface area (Å²) in [7, 11) is -5.93. The van der Waals surface area contributed by atoms with Gasteiger partial charge in [-0.3, -0.25) is 4.31 Å². The molecule has 1 aliphatic rings. The van der Waals surface area contributed by atoms with Gasteiger partial charge in [-0.2, -0.15) is 0 Å². The molecule has 1 saturated carbocycles. The van der Waals surface area contributed by atoms with Crippen LogP contribution in [0.15, 0.2) is 65.1 Å². The fraction of sp³-hybridized carbons (Fsp3) is 0.276. The molecule has 0 spiro atoms. The number of amides is 1. The van der Waals surface area contributed by atoms with E-state index in [9.17, 15) is 26.0 Å². The Hall–Kier alpha value is -4.14.